The molecular weight excluding hydrogens is 440 g/mol. The minimum absolute atomic E-state index is 0.0173. The van der Waals surface area contributed by atoms with E-state index in [-0.39, 0.29) is 30.5 Å². The first-order valence-corrected chi connectivity index (χ1v) is 12.7. The van der Waals surface area contributed by atoms with E-state index in [1.807, 2.05) is 11.8 Å². The van der Waals surface area contributed by atoms with Crippen LogP contribution in [0.25, 0.3) is 0 Å². The van der Waals surface area contributed by atoms with Crippen LogP contribution in [0.3, 0.4) is 0 Å². The van der Waals surface area contributed by atoms with E-state index in [0.29, 0.717) is 48.1 Å². The second kappa shape index (κ2) is 12.7. The average molecular weight is 475 g/mol. The highest BCUT2D eigenvalue weighted by atomic mass is 32.2. The molecule has 0 radical (unpaired) electrons. The number of rotatable bonds is 13. The number of carbonyl (C=O) groups is 3. The van der Waals surface area contributed by atoms with Crippen LogP contribution in [-0.4, -0.2) is 51.6 Å². The van der Waals surface area contributed by atoms with Crippen molar-refractivity contribution in [3.05, 3.63) is 42.0 Å². The third-order valence-corrected chi connectivity index (χ3v) is 8.35. The van der Waals surface area contributed by atoms with Crippen molar-refractivity contribution in [1.82, 2.24) is 10.6 Å². The number of nitrogens with one attached hydrogen (secondary N) is 2. The Balaban J connectivity index is 1.34. The van der Waals surface area contributed by atoms with Gasteiger partial charge in [0.05, 0.1) is 6.54 Å². The Bertz CT molecular complexity index is 842. The molecule has 1 aromatic carbocycles. The molecule has 4 atom stereocenters. The number of hydrogen-bond donors (Lipinski definition) is 4. The van der Waals surface area contributed by atoms with E-state index in [0.717, 1.165) is 18.4 Å². The zero-order valence-electron chi connectivity index (χ0n) is 18.9. The third-order valence-electron chi connectivity index (χ3n) is 6.48. The summed E-state index contributed by atoms with van der Waals surface area (Å²) in [5.74, 6) is 0.0829. The monoisotopic (exact) mass is 474 g/mol. The molecule has 2 aliphatic rings. The van der Waals surface area contributed by atoms with Gasteiger partial charge in [0.1, 0.15) is 5.75 Å². The Morgan fingerprint density at radius 1 is 0.970 bits per heavy atom. The summed E-state index contributed by atoms with van der Waals surface area (Å²) in [5.41, 5.74) is 0.961. The van der Waals surface area contributed by atoms with E-state index in [1.54, 1.807) is 24.3 Å². The van der Waals surface area contributed by atoms with Crippen LogP contribution in [0.2, 0.25) is 0 Å². The molecule has 2 aliphatic heterocycles. The number of thioether (sulfide) groups is 1. The van der Waals surface area contributed by atoms with Crippen molar-refractivity contribution in [3.8, 4) is 5.75 Å². The highest BCUT2D eigenvalue weighted by molar-refractivity contribution is 8.01. The molecule has 2 saturated heterocycles. The topological polar surface area (TPSA) is 116 Å². The Morgan fingerprint density at radius 2 is 1.70 bits per heavy atom. The number of fused-ring (bicyclic) bond motifs is 2. The number of aliphatic carboxylic acids is 1. The fourth-order valence-corrected chi connectivity index (χ4v) is 6.71. The van der Waals surface area contributed by atoms with Crippen LogP contribution in [0.4, 0.5) is 0 Å². The van der Waals surface area contributed by atoms with Crippen molar-refractivity contribution in [3.63, 3.8) is 0 Å². The molecule has 2 bridgehead atoms. The second-order valence-electron chi connectivity index (χ2n) is 8.86. The van der Waals surface area contributed by atoms with Crippen LogP contribution in [0.1, 0.15) is 50.5 Å². The standard InChI is InChI=1S/C25H34N2O5S/c28-18-10-7-17(8-11-18)9-14-23(29)27-16-24(30)26-15-20-19(21-12-13-22(20)33-21)5-3-1-2-4-6-25(31)32/h1,3,7-8,10-11,19-22,28H,2,4-6,9,12-16H2,(H,26,30)(H,27,29)(H,31,32)/t19-,20+,21-,22+/m0/s1. The quantitative estimate of drug-likeness (QED) is 0.258. The van der Waals surface area contributed by atoms with E-state index < -0.39 is 5.97 Å². The van der Waals surface area contributed by atoms with Crippen molar-refractivity contribution in [2.75, 3.05) is 13.1 Å². The van der Waals surface area contributed by atoms with Gasteiger partial charge in [0.15, 0.2) is 0 Å². The molecule has 1 aromatic rings. The number of amides is 2. The van der Waals surface area contributed by atoms with Crippen LogP contribution >= 0.6 is 11.8 Å². The summed E-state index contributed by atoms with van der Waals surface area (Å²) in [4.78, 5) is 34.9. The number of benzene rings is 1. The molecule has 7 nitrogen and oxygen atoms in total. The zero-order chi connectivity index (χ0) is 23.6. The molecule has 2 heterocycles. The van der Waals surface area contributed by atoms with Crippen LogP contribution in [0.5, 0.6) is 5.75 Å². The minimum atomic E-state index is -0.753. The van der Waals surface area contributed by atoms with E-state index in [2.05, 4.69) is 22.8 Å². The highest BCUT2D eigenvalue weighted by Gasteiger charge is 2.47. The molecule has 4 N–H and O–H groups in total. The van der Waals surface area contributed by atoms with Crippen molar-refractivity contribution >= 4 is 29.5 Å². The van der Waals surface area contributed by atoms with Gasteiger partial charge in [-0.1, -0.05) is 24.3 Å². The number of carboxylic acids is 1. The Kier molecular flexibility index (Phi) is 9.66. The number of phenolic OH excluding ortho intramolecular Hbond substituents is 1. The molecule has 0 unspecified atom stereocenters. The zero-order valence-corrected chi connectivity index (χ0v) is 19.7. The summed E-state index contributed by atoms with van der Waals surface area (Å²) in [7, 11) is 0. The van der Waals surface area contributed by atoms with Crippen LogP contribution < -0.4 is 10.6 Å². The lowest BCUT2D eigenvalue weighted by Crippen LogP contribution is -2.42. The van der Waals surface area contributed by atoms with Crippen LogP contribution in [0, 0.1) is 11.8 Å². The first-order chi connectivity index (χ1) is 15.9. The van der Waals surface area contributed by atoms with Gasteiger partial charge in [0.2, 0.25) is 11.8 Å². The van der Waals surface area contributed by atoms with E-state index in [9.17, 15) is 19.5 Å². The number of unbranched alkanes of at least 4 members (excludes halogenated alkanes) is 1. The van der Waals surface area contributed by atoms with E-state index >= 15 is 0 Å². The van der Waals surface area contributed by atoms with Crippen molar-refractivity contribution in [2.45, 2.75) is 61.9 Å². The van der Waals surface area contributed by atoms with E-state index in [4.69, 9.17) is 5.11 Å². The molecule has 0 spiro atoms. The maximum atomic E-state index is 12.3. The number of hydrogen-bond acceptors (Lipinski definition) is 5. The molecule has 2 fully saturated rings. The molecule has 0 aromatic heterocycles. The lowest BCUT2D eigenvalue weighted by Gasteiger charge is -2.29. The molecular formula is C25H34N2O5S. The first-order valence-electron chi connectivity index (χ1n) is 11.8. The molecule has 180 valence electrons. The molecule has 2 amide bonds. The average Bonchev–Trinajstić information content (AvgIpc) is 3.40. The normalized spacial score (nSPS) is 23.6. The maximum absolute atomic E-state index is 12.3. The van der Waals surface area contributed by atoms with Crippen molar-refractivity contribution in [1.29, 1.82) is 0 Å². The minimum Gasteiger partial charge on any atom is -0.508 e. The Hall–Kier alpha value is -2.48. The predicted octanol–water partition coefficient (Wildman–Crippen LogP) is 3.27. The molecule has 0 aliphatic carbocycles. The maximum Gasteiger partial charge on any atom is 0.303 e. The van der Waals surface area contributed by atoms with Crippen molar-refractivity contribution in [2.24, 2.45) is 11.8 Å². The van der Waals surface area contributed by atoms with Crippen molar-refractivity contribution < 1.29 is 24.6 Å². The molecule has 3 rings (SSSR count). The van der Waals surface area contributed by atoms with Gasteiger partial charge in [-0.2, -0.15) is 11.8 Å². The van der Waals surface area contributed by atoms with Gasteiger partial charge >= 0.3 is 5.97 Å². The fourth-order valence-electron chi connectivity index (χ4n) is 4.70. The summed E-state index contributed by atoms with van der Waals surface area (Å²) < 4.78 is 0. The van der Waals surface area contributed by atoms with Gasteiger partial charge in [-0.05, 0) is 68.1 Å². The van der Waals surface area contributed by atoms with Gasteiger partial charge in [0.25, 0.3) is 0 Å². The molecule has 8 heteroatoms. The SMILES string of the molecule is O=C(O)CCCC=CC[C@H]1[C@@H](CNC(=O)CNC(=O)CCc2ccc(O)cc2)[C@H]2CC[C@@H]1S2. The summed E-state index contributed by atoms with van der Waals surface area (Å²) in [6.45, 7) is 0.615. The number of phenols is 1. The van der Waals surface area contributed by atoms with Crippen LogP contribution in [0.15, 0.2) is 36.4 Å². The van der Waals surface area contributed by atoms with Gasteiger partial charge in [0, 0.05) is 29.9 Å². The number of aromatic hydroxyl groups is 1. The van der Waals surface area contributed by atoms with E-state index in [1.165, 1.54) is 12.8 Å². The molecule has 0 saturated carbocycles. The smallest absolute Gasteiger partial charge is 0.303 e. The Labute approximate surface area is 199 Å². The number of carboxylic acid groups (broad SMARTS) is 1. The summed E-state index contributed by atoms with van der Waals surface area (Å²) in [6, 6.07) is 6.75. The van der Waals surface area contributed by atoms with Gasteiger partial charge in [-0.25, -0.2) is 0 Å². The van der Waals surface area contributed by atoms with Gasteiger partial charge < -0.3 is 20.8 Å². The summed E-state index contributed by atoms with van der Waals surface area (Å²) in [6.07, 6.45) is 10.2. The lowest BCUT2D eigenvalue weighted by atomic mass is 9.77. The summed E-state index contributed by atoms with van der Waals surface area (Å²) in [5, 5.41) is 24.9. The van der Waals surface area contributed by atoms with Gasteiger partial charge in [-0.15, -0.1) is 0 Å². The first kappa shape index (κ1) is 25.1. The number of aryl methyl sites for hydroxylation is 1. The Morgan fingerprint density at radius 3 is 2.42 bits per heavy atom. The third kappa shape index (κ3) is 8.11. The second-order valence-corrected chi connectivity index (χ2v) is 10.3. The number of carbonyl (C=O) groups excluding carboxylic acids is 2. The fraction of sp³-hybridized carbons (Fsp3) is 0.560. The predicted molar refractivity (Wildman–Crippen MR) is 129 cm³/mol. The van der Waals surface area contributed by atoms with Crippen LogP contribution in [-0.2, 0) is 20.8 Å². The van der Waals surface area contributed by atoms with Gasteiger partial charge in [-0.3, -0.25) is 14.4 Å². The molecule has 33 heavy (non-hydrogen) atoms. The number of allylic oxidation sites excluding steroid dienone is 2. The summed E-state index contributed by atoms with van der Waals surface area (Å²) >= 11 is 2.05. The largest absolute Gasteiger partial charge is 0.508 e. The lowest BCUT2D eigenvalue weighted by molar-refractivity contribution is -0.137. The highest BCUT2D eigenvalue weighted by Crippen LogP contribution is 2.54.